The maximum Gasteiger partial charge on any atom is 0.0438 e. The molecule has 0 unspecified atom stereocenters. The van der Waals surface area contributed by atoms with Crippen molar-refractivity contribution in [2.75, 3.05) is 6.54 Å². The number of benzene rings is 1. The van der Waals surface area contributed by atoms with E-state index >= 15 is 0 Å². The molecule has 1 heteroatoms. The minimum absolute atomic E-state index is 0.990. The molecule has 0 amide bonds. The second kappa shape index (κ2) is 3.29. The normalized spacial score (nSPS) is 14.2. The Morgan fingerprint density at radius 2 is 2.08 bits per heavy atom. The predicted octanol–water partition coefficient (Wildman–Crippen LogP) is 2.17. The van der Waals surface area contributed by atoms with Crippen molar-refractivity contribution < 1.29 is 0 Å². The van der Waals surface area contributed by atoms with Gasteiger partial charge in [-0.2, -0.15) is 0 Å². The van der Waals surface area contributed by atoms with Gasteiger partial charge in [0.1, 0.15) is 0 Å². The molecule has 0 bridgehead atoms. The average Bonchev–Trinajstić information content (AvgIpc) is 2.59. The molecule has 0 fully saturated rings. The molecule has 12 heavy (non-hydrogen) atoms. The highest BCUT2D eigenvalue weighted by Crippen LogP contribution is 2.06. The van der Waals surface area contributed by atoms with Crippen molar-refractivity contribution in [3.05, 3.63) is 53.9 Å². The Hall–Kier alpha value is -1.46. The zero-order valence-corrected chi connectivity index (χ0v) is 6.90. The van der Waals surface area contributed by atoms with Gasteiger partial charge in [0, 0.05) is 19.3 Å². The molecule has 1 heterocycles. The molecular weight excluding hydrogens is 146 g/mol. The number of nitrogens with zero attached hydrogens (tertiary/aromatic N) is 1. The topological polar surface area (TPSA) is 3.24 Å². The zero-order valence-electron chi connectivity index (χ0n) is 6.90. The van der Waals surface area contributed by atoms with Crippen LogP contribution < -0.4 is 0 Å². The van der Waals surface area contributed by atoms with Crippen LogP contribution in [0.5, 0.6) is 0 Å². The summed E-state index contributed by atoms with van der Waals surface area (Å²) < 4.78 is 0. The van der Waals surface area contributed by atoms with Gasteiger partial charge in [0.05, 0.1) is 0 Å². The van der Waals surface area contributed by atoms with Crippen molar-refractivity contribution in [2.45, 2.75) is 6.54 Å². The van der Waals surface area contributed by atoms with Gasteiger partial charge in [-0.1, -0.05) is 30.3 Å². The minimum atomic E-state index is 0.990. The molecule has 1 nitrogen and oxygen atoms in total. The van der Waals surface area contributed by atoms with Gasteiger partial charge >= 0.3 is 0 Å². The Balaban J connectivity index is 2.00. The highest BCUT2D eigenvalue weighted by molar-refractivity contribution is 5.15. The largest absolute Gasteiger partial charge is 0.362 e. The maximum atomic E-state index is 3.07. The van der Waals surface area contributed by atoms with Gasteiger partial charge in [0.25, 0.3) is 0 Å². The van der Waals surface area contributed by atoms with Crippen LogP contribution >= 0.6 is 0 Å². The summed E-state index contributed by atoms with van der Waals surface area (Å²) in [6, 6.07) is 10.5. The van der Waals surface area contributed by atoms with E-state index in [0.29, 0.717) is 0 Å². The summed E-state index contributed by atoms with van der Waals surface area (Å²) in [5, 5.41) is 0. The average molecular weight is 157 g/mol. The van der Waals surface area contributed by atoms with Crippen LogP contribution in [-0.2, 0) is 6.54 Å². The van der Waals surface area contributed by atoms with E-state index in [9.17, 15) is 0 Å². The van der Waals surface area contributed by atoms with Crippen molar-refractivity contribution in [3.63, 3.8) is 0 Å². The van der Waals surface area contributed by atoms with Crippen LogP contribution in [0.2, 0.25) is 0 Å². The van der Waals surface area contributed by atoms with Gasteiger partial charge in [0.15, 0.2) is 0 Å². The lowest BCUT2D eigenvalue weighted by Crippen LogP contribution is -2.13. The van der Waals surface area contributed by atoms with Crippen LogP contribution in [0.15, 0.2) is 48.3 Å². The quantitative estimate of drug-likeness (QED) is 0.595. The molecule has 0 saturated heterocycles. The highest BCUT2D eigenvalue weighted by Gasteiger charge is 2.00. The van der Waals surface area contributed by atoms with Gasteiger partial charge in [-0.05, 0) is 11.6 Å². The van der Waals surface area contributed by atoms with Crippen LogP contribution in [0, 0.1) is 0 Å². The molecule has 1 aliphatic rings. The first-order valence-corrected chi connectivity index (χ1v) is 4.14. The van der Waals surface area contributed by atoms with Gasteiger partial charge in [-0.3, -0.25) is 0 Å². The summed E-state index contributed by atoms with van der Waals surface area (Å²) in [6.07, 6.45) is 4.05. The summed E-state index contributed by atoms with van der Waals surface area (Å²) in [6.45, 7) is 1.99. The van der Waals surface area contributed by atoms with Gasteiger partial charge in [-0.15, -0.1) is 5.73 Å². The first-order valence-electron chi connectivity index (χ1n) is 4.14. The summed E-state index contributed by atoms with van der Waals surface area (Å²) in [5.74, 6) is 0. The van der Waals surface area contributed by atoms with E-state index in [-0.39, 0.29) is 0 Å². The molecule has 1 aromatic rings. The molecular formula is C11H11N. The molecule has 1 aromatic carbocycles. The molecule has 60 valence electrons. The predicted molar refractivity (Wildman–Crippen MR) is 49.5 cm³/mol. The van der Waals surface area contributed by atoms with E-state index in [1.54, 1.807) is 0 Å². The SMILES string of the molecule is C1=CCN(Cc2ccccc2)C=1. The van der Waals surface area contributed by atoms with E-state index in [1.165, 1.54) is 5.56 Å². The van der Waals surface area contributed by atoms with Crippen molar-refractivity contribution in [2.24, 2.45) is 0 Å². The number of hydrogen-bond acceptors (Lipinski definition) is 1. The second-order valence-corrected chi connectivity index (χ2v) is 2.91. The molecule has 0 saturated carbocycles. The Morgan fingerprint density at radius 1 is 1.25 bits per heavy atom. The smallest absolute Gasteiger partial charge is 0.0438 e. The van der Waals surface area contributed by atoms with Crippen LogP contribution in [0.4, 0.5) is 0 Å². The van der Waals surface area contributed by atoms with E-state index in [1.807, 2.05) is 18.3 Å². The third kappa shape index (κ3) is 1.58. The van der Waals surface area contributed by atoms with Crippen molar-refractivity contribution in [1.29, 1.82) is 0 Å². The maximum absolute atomic E-state index is 3.07. The van der Waals surface area contributed by atoms with E-state index in [2.05, 4.69) is 34.9 Å². The minimum Gasteiger partial charge on any atom is -0.362 e. The van der Waals surface area contributed by atoms with Crippen molar-refractivity contribution >= 4 is 0 Å². The molecule has 0 atom stereocenters. The van der Waals surface area contributed by atoms with Crippen LogP contribution in [0.25, 0.3) is 0 Å². The third-order valence-electron chi connectivity index (χ3n) is 1.93. The summed E-state index contributed by atoms with van der Waals surface area (Å²) in [5.41, 5.74) is 4.42. The monoisotopic (exact) mass is 157 g/mol. The molecule has 0 N–H and O–H groups in total. The lowest BCUT2D eigenvalue weighted by atomic mass is 10.2. The fourth-order valence-corrected chi connectivity index (χ4v) is 1.31. The Kier molecular flexibility index (Phi) is 1.98. The number of rotatable bonds is 2. The van der Waals surface area contributed by atoms with Gasteiger partial charge < -0.3 is 4.90 Å². The summed E-state index contributed by atoms with van der Waals surface area (Å²) in [7, 11) is 0. The number of hydrogen-bond donors (Lipinski definition) is 0. The summed E-state index contributed by atoms with van der Waals surface area (Å²) >= 11 is 0. The second-order valence-electron chi connectivity index (χ2n) is 2.91. The zero-order chi connectivity index (χ0) is 8.23. The molecule has 0 radical (unpaired) electrons. The van der Waals surface area contributed by atoms with Crippen LogP contribution in [0.3, 0.4) is 0 Å². The molecule has 1 aliphatic heterocycles. The van der Waals surface area contributed by atoms with Crippen LogP contribution in [0.1, 0.15) is 5.56 Å². The molecule has 0 spiro atoms. The van der Waals surface area contributed by atoms with Crippen molar-refractivity contribution in [1.82, 2.24) is 4.90 Å². The van der Waals surface area contributed by atoms with Crippen LogP contribution in [-0.4, -0.2) is 11.4 Å². The van der Waals surface area contributed by atoms with E-state index < -0.39 is 0 Å². The third-order valence-corrected chi connectivity index (χ3v) is 1.93. The lowest BCUT2D eigenvalue weighted by Gasteiger charge is -2.13. The Labute approximate surface area is 72.6 Å². The fourth-order valence-electron chi connectivity index (χ4n) is 1.31. The lowest BCUT2D eigenvalue weighted by molar-refractivity contribution is 0.420. The van der Waals surface area contributed by atoms with E-state index in [0.717, 1.165) is 13.1 Å². The summed E-state index contributed by atoms with van der Waals surface area (Å²) in [4.78, 5) is 2.23. The standard InChI is InChI=1S/C11H11N/c1-2-6-11(7-3-1)10-12-8-4-5-9-12/h1-4,6-7,9H,8,10H2. The Bertz CT molecular complexity index is 307. The molecule has 0 aromatic heterocycles. The molecule has 2 rings (SSSR count). The first-order chi connectivity index (χ1) is 5.95. The van der Waals surface area contributed by atoms with Gasteiger partial charge in [-0.25, -0.2) is 0 Å². The Morgan fingerprint density at radius 3 is 2.75 bits per heavy atom. The van der Waals surface area contributed by atoms with Gasteiger partial charge in [0.2, 0.25) is 0 Å². The fraction of sp³-hybridized carbons (Fsp3) is 0.182. The van der Waals surface area contributed by atoms with E-state index in [4.69, 9.17) is 0 Å². The molecule has 0 aliphatic carbocycles. The first kappa shape index (κ1) is 7.20. The van der Waals surface area contributed by atoms with Crippen molar-refractivity contribution in [3.8, 4) is 0 Å². The highest BCUT2D eigenvalue weighted by atomic mass is 15.1.